The molecule has 1 aromatic heterocycles. The minimum absolute atomic E-state index is 0.0327. The van der Waals surface area contributed by atoms with Gasteiger partial charge in [0.05, 0.1) is 23.0 Å². The Balaban J connectivity index is 2.01. The lowest BCUT2D eigenvalue weighted by Crippen LogP contribution is -2.29. The van der Waals surface area contributed by atoms with Crippen molar-refractivity contribution in [3.63, 3.8) is 0 Å². The van der Waals surface area contributed by atoms with Crippen LogP contribution in [-0.4, -0.2) is 39.7 Å². The molecular weight excluding hydrogens is 508 g/mol. The van der Waals surface area contributed by atoms with Gasteiger partial charge in [0.15, 0.2) is 0 Å². The zero-order chi connectivity index (χ0) is 29.8. The van der Waals surface area contributed by atoms with Crippen LogP contribution in [0.1, 0.15) is 99.5 Å². The van der Waals surface area contributed by atoms with Crippen LogP contribution in [-0.2, 0) is 16.0 Å². The van der Waals surface area contributed by atoms with Crippen molar-refractivity contribution in [2.75, 3.05) is 6.54 Å². The Kier molecular flexibility index (Phi) is 9.62. The number of aromatic nitrogens is 1. The van der Waals surface area contributed by atoms with E-state index in [1.54, 1.807) is 6.08 Å². The van der Waals surface area contributed by atoms with Crippen LogP contribution in [0, 0.1) is 5.92 Å². The highest BCUT2D eigenvalue weighted by molar-refractivity contribution is 6.29. The fourth-order valence-corrected chi connectivity index (χ4v) is 6.74. The molecular formula is C35H46N4O2. The predicted molar refractivity (Wildman–Crippen MR) is 170 cm³/mol. The van der Waals surface area contributed by atoms with Crippen molar-refractivity contribution in [1.29, 1.82) is 0 Å². The molecule has 0 spiro atoms. The molecule has 218 valence electrons. The van der Waals surface area contributed by atoms with Crippen molar-refractivity contribution in [3.05, 3.63) is 68.2 Å². The summed E-state index contributed by atoms with van der Waals surface area (Å²) in [6.07, 6.45) is 11.2. The van der Waals surface area contributed by atoms with Gasteiger partial charge in [-0.25, -0.2) is 9.98 Å². The molecule has 0 radical (unpaired) electrons. The van der Waals surface area contributed by atoms with Crippen molar-refractivity contribution in [1.82, 2.24) is 9.88 Å². The van der Waals surface area contributed by atoms with Gasteiger partial charge in [-0.05, 0) is 92.4 Å². The number of amides is 2. The normalized spacial score (nSPS) is 21.6. The molecule has 0 saturated carbocycles. The Labute approximate surface area is 245 Å². The van der Waals surface area contributed by atoms with Gasteiger partial charge in [-0.1, -0.05) is 48.5 Å². The number of rotatable bonds is 11. The number of hydrogen-bond acceptors (Lipinski definition) is 3. The zero-order valence-electron chi connectivity index (χ0n) is 26.2. The number of carbonyl (C=O) groups excluding carboxylic acids is 2. The maximum absolute atomic E-state index is 13.4. The molecule has 4 heterocycles. The van der Waals surface area contributed by atoms with Crippen LogP contribution in [0.2, 0.25) is 0 Å². The standard InChI is InChI=1S/C35H46N4O2/c1-9-21-19-23(20-22-17-18-30(40)36-22)37-31(21)28(14-6)32-24(10-2)25(11-3)33(38-32)29(15-7)34-26(12-4)27(13-5)35(41)39(34)16-8/h17-20,27,37H,9-16H2,1-8H3/b23-20-,31-28?,33-29?. The predicted octanol–water partition coefficient (Wildman–Crippen LogP) is 6.24. The Morgan fingerprint density at radius 3 is 2.10 bits per heavy atom. The Bertz CT molecular complexity index is 1550. The summed E-state index contributed by atoms with van der Waals surface area (Å²) < 4.78 is 0. The third kappa shape index (κ3) is 5.41. The number of nitrogens with one attached hydrogen (secondary N) is 1. The second kappa shape index (κ2) is 13.0. The van der Waals surface area contributed by atoms with Crippen molar-refractivity contribution < 1.29 is 9.59 Å². The van der Waals surface area contributed by atoms with E-state index in [4.69, 9.17) is 4.99 Å². The molecule has 1 unspecified atom stereocenters. The molecule has 3 aliphatic heterocycles. The first-order valence-electron chi connectivity index (χ1n) is 15.6. The first-order valence-corrected chi connectivity index (χ1v) is 15.6. The number of hydrogen-bond donors (Lipinski definition) is 1. The Morgan fingerprint density at radius 2 is 1.59 bits per heavy atom. The minimum atomic E-state index is -0.215. The quantitative estimate of drug-likeness (QED) is 0.351. The molecule has 0 bridgehead atoms. The third-order valence-corrected chi connectivity index (χ3v) is 8.64. The summed E-state index contributed by atoms with van der Waals surface area (Å²) in [4.78, 5) is 40.3. The van der Waals surface area contributed by atoms with Gasteiger partial charge in [0.25, 0.3) is 5.91 Å². The average Bonchev–Trinajstić information content (AvgIpc) is 3.73. The first kappa shape index (κ1) is 30.4. The van der Waals surface area contributed by atoms with Gasteiger partial charge in [0.1, 0.15) is 0 Å². The number of aromatic amines is 1. The van der Waals surface area contributed by atoms with E-state index in [-0.39, 0.29) is 17.7 Å². The monoisotopic (exact) mass is 554 g/mol. The lowest BCUT2D eigenvalue weighted by atomic mass is 9.90. The summed E-state index contributed by atoms with van der Waals surface area (Å²) >= 11 is 0. The molecule has 3 aliphatic rings. The van der Waals surface area contributed by atoms with E-state index in [1.165, 1.54) is 39.5 Å². The van der Waals surface area contributed by atoms with Gasteiger partial charge in [-0.3, -0.25) is 9.59 Å². The Hall–Kier alpha value is -3.54. The van der Waals surface area contributed by atoms with E-state index in [0.717, 1.165) is 72.7 Å². The number of nitrogens with zero attached hydrogens (tertiary/aromatic N) is 3. The second-order valence-corrected chi connectivity index (χ2v) is 10.7. The summed E-state index contributed by atoms with van der Waals surface area (Å²) in [5, 5.41) is 2.05. The summed E-state index contributed by atoms with van der Waals surface area (Å²) in [6, 6.07) is 2.16. The second-order valence-electron chi connectivity index (χ2n) is 10.7. The number of aliphatic imine (C=N–C) groups is 2. The van der Waals surface area contributed by atoms with E-state index in [9.17, 15) is 9.59 Å². The van der Waals surface area contributed by atoms with Gasteiger partial charge in [0, 0.05) is 40.2 Å². The van der Waals surface area contributed by atoms with E-state index in [2.05, 4.69) is 71.4 Å². The van der Waals surface area contributed by atoms with Crippen molar-refractivity contribution in [2.45, 2.75) is 100 Å². The highest BCUT2D eigenvalue weighted by Crippen LogP contribution is 2.43. The summed E-state index contributed by atoms with van der Waals surface area (Å²) in [6.45, 7) is 18.1. The molecule has 41 heavy (non-hydrogen) atoms. The van der Waals surface area contributed by atoms with Crippen molar-refractivity contribution in [3.8, 4) is 0 Å². The summed E-state index contributed by atoms with van der Waals surface area (Å²) in [5.74, 6) is -0.0111. The molecule has 0 aromatic carbocycles. The maximum Gasteiger partial charge on any atom is 0.270 e. The van der Waals surface area contributed by atoms with Gasteiger partial charge in [-0.15, -0.1) is 0 Å². The fraction of sp³-hybridized carbons (Fsp3) is 0.486. The van der Waals surface area contributed by atoms with Gasteiger partial charge >= 0.3 is 0 Å². The van der Waals surface area contributed by atoms with Crippen LogP contribution >= 0.6 is 0 Å². The van der Waals surface area contributed by atoms with E-state index in [0.29, 0.717) is 12.3 Å². The van der Waals surface area contributed by atoms with Crippen LogP contribution in [0.25, 0.3) is 11.6 Å². The van der Waals surface area contributed by atoms with Crippen molar-refractivity contribution in [2.24, 2.45) is 15.9 Å². The topological polar surface area (TPSA) is 77.9 Å². The smallest absolute Gasteiger partial charge is 0.270 e. The lowest BCUT2D eigenvalue weighted by molar-refractivity contribution is -0.130. The number of aryl methyl sites for hydroxylation is 1. The molecule has 6 heteroatoms. The molecule has 4 rings (SSSR count). The number of allylic oxidation sites excluding steroid dienone is 4. The Morgan fingerprint density at radius 1 is 0.878 bits per heavy atom. The van der Waals surface area contributed by atoms with Crippen LogP contribution < -0.4 is 10.7 Å². The maximum atomic E-state index is 13.4. The van der Waals surface area contributed by atoms with E-state index in [1.807, 2.05) is 11.0 Å². The van der Waals surface area contributed by atoms with Crippen molar-refractivity contribution >= 4 is 34.9 Å². The molecule has 0 saturated heterocycles. The molecule has 2 amide bonds. The molecule has 0 fully saturated rings. The van der Waals surface area contributed by atoms with Crippen LogP contribution in [0.4, 0.5) is 0 Å². The number of likely N-dealkylation sites (N-methyl/N-ethyl adjacent to an activating group) is 1. The summed E-state index contributed by atoms with van der Waals surface area (Å²) in [7, 11) is 0. The molecule has 6 nitrogen and oxygen atoms in total. The van der Waals surface area contributed by atoms with Crippen LogP contribution in [0.5, 0.6) is 0 Å². The zero-order valence-corrected chi connectivity index (χ0v) is 26.2. The van der Waals surface area contributed by atoms with E-state index < -0.39 is 0 Å². The largest absolute Gasteiger partial charge is 0.355 e. The SMILES string of the molecule is CCC1=C(CC)C(=C(CC)C2=C(CC)C(CC)C(=O)N2CC)N=C1C(CC)=c1[nH]/c(=C\C2=NC(=O)C=C2)cc1CC. The number of H-pyrrole nitrogens is 1. The van der Waals surface area contributed by atoms with Crippen LogP contribution in [0.15, 0.2) is 61.9 Å². The van der Waals surface area contributed by atoms with Gasteiger partial charge < -0.3 is 9.88 Å². The number of carbonyl (C=O) groups is 2. The molecule has 1 N–H and O–H groups in total. The average molecular weight is 555 g/mol. The minimum Gasteiger partial charge on any atom is -0.355 e. The van der Waals surface area contributed by atoms with Gasteiger partial charge in [0.2, 0.25) is 5.91 Å². The van der Waals surface area contributed by atoms with Crippen LogP contribution in [0.3, 0.4) is 0 Å². The third-order valence-electron chi connectivity index (χ3n) is 8.64. The molecule has 0 aliphatic carbocycles. The highest BCUT2D eigenvalue weighted by Gasteiger charge is 2.39. The summed E-state index contributed by atoms with van der Waals surface area (Å²) in [5.41, 5.74) is 11.4. The van der Waals surface area contributed by atoms with E-state index >= 15 is 0 Å². The lowest BCUT2D eigenvalue weighted by Gasteiger charge is -2.23. The highest BCUT2D eigenvalue weighted by atomic mass is 16.2. The first-order chi connectivity index (χ1) is 19.8. The van der Waals surface area contributed by atoms with Gasteiger partial charge in [-0.2, -0.15) is 0 Å². The molecule has 1 atom stereocenters. The molecule has 1 aromatic rings. The fourth-order valence-electron chi connectivity index (χ4n) is 6.74.